The van der Waals surface area contributed by atoms with Crippen LogP contribution in [0.25, 0.3) is 0 Å². The van der Waals surface area contributed by atoms with Gasteiger partial charge in [-0.3, -0.25) is 0 Å². The van der Waals surface area contributed by atoms with Gasteiger partial charge in [-0.05, 0) is 26.0 Å². The SMILES string of the molecule is CCOC(=O)/C=C/CN(CC=O)S(=O)(=O)c1ccc(C)cc1. The maximum atomic E-state index is 12.5. The molecule has 120 valence electrons. The number of aryl methyl sites for hydroxylation is 1. The molecule has 0 atom stereocenters. The lowest BCUT2D eigenvalue weighted by Crippen LogP contribution is -2.33. The fourth-order valence-corrected chi connectivity index (χ4v) is 2.99. The van der Waals surface area contributed by atoms with Crippen molar-refractivity contribution in [1.29, 1.82) is 0 Å². The monoisotopic (exact) mass is 325 g/mol. The van der Waals surface area contributed by atoms with Crippen LogP contribution in [0.15, 0.2) is 41.3 Å². The third kappa shape index (κ3) is 5.09. The van der Waals surface area contributed by atoms with Crippen molar-refractivity contribution in [3.8, 4) is 0 Å². The van der Waals surface area contributed by atoms with Crippen molar-refractivity contribution in [1.82, 2.24) is 4.31 Å². The van der Waals surface area contributed by atoms with Crippen molar-refractivity contribution in [2.24, 2.45) is 0 Å². The van der Waals surface area contributed by atoms with E-state index in [0.717, 1.165) is 15.9 Å². The van der Waals surface area contributed by atoms with Crippen molar-refractivity contribution >= 4 is 22.3 Å². The standard InChI is InChI=1S/C15H19NO5S/c1-3-21-15(18)5-4-10-16(11-12-17)22(19,20)14-8-6-13(2)7-9-14/h4-9,12H,3,10-11H2,1-2H3/b5-4+. The Morgan fingerprint density at radius 1 is 1.23 bits per heavy atom. The summed E-state index contributed by atoms with van der Waals surface area (Å²) in [4.78, 5) is 22.0. The molecule has 0 spiro atoms. The molecule has 0 aliphatic carbocycles. The summed E-state index contributed by atoms with van der Waals surface area (Å²) in [7, 11) is -3.79. The molecule has 7 heteroatoms. The molecule has 1 aromatic carbocycles. The van der Waals surface area contributed by atoms with Gasteiger partial charge in [0.05, 0.1) is 18.0 Å². The number of rotatable bonds is 8. The third-order valence-electron chi connectivity index (χ3n) is 2.79. The molecule has 22 heavy (non-hydrogen) atoms. The van der Waals surface area contributed by atoms with Crippen molar-refractivity contribution in [2.45, 2.75) is 18.7 Å². The molecule has 0 radical (unpaired) electrons. The van der Waals surface area contributed by atoms with Gasteiger partial charge < -0.3 is 9.53 Å². The molecule has 1 aromatic rings. The number of benzene rings is 1. The fraction of sp³-hybridized carbons (Fsp3) is 0.333. The topological polar surface area (TPSA) is 80.8 Å². The molecule has 0 unspecified atom stereocenters. The Morgan fingerprint density at radius 2 is 1.86 bits per heavy atom. The highest BCUT2D eigenvalue weighted by atomic mass is 32.2. The van der Waals surface area contributed by atoms with Gasteiger partial charge in [-0.15, -0.1) is 0 Å². The molecule has 0 bridgehead atoms. The van der Waals surface area contributed by atoms with E-state index in [1.807, 2.05) is 6.92 Å². The van der Waals surface area contributed by atoms with Crippen LogP contribution in [0.4, 0.5) is 0 Å². The van der Waals surface area contributed by atoms with E-state index in [-0.39, 0.29) is 24.6 Å². The van der Waals surface area contributed by atoms with E-state index in [0.29, 0.717) is 6.29 Å². The highest BCUT2D eigenvalue weighted by Gasteiger charge is 2.22. The summed E-state index contributed by atoms with van der Waals surface area (Å²) in [5, 5.41) is 0. The summed E-state index contributed by atoms with van der Waals surface area (Å²) in [6, 6.07) is 6.33. The molecular formula is C15H19NO5S. The van der Waals surface area contributed by atoms with E-state index in [1.165, 1.54) is 18.2 Å². The lowest BCUT2D eigenvalue weighted by molar-refractivity contribution is -0.137. The minimum atomic E-state index is -3.79. The van der Waals surface area contributed by atoms with E-state index < -0.39 is 16.0 Å². The van der Waals surface area contributed by atoms with Gasteiger partial charge in [0.25, 0.3) is 0 Å². The van der Waals surface area contributed by atoms with Gasteiger partial charge >= 0.3 is 5.97 Å². The molecular weight excluding hydrogens is 306 g/mol. The molecule has 0 amide bonds. The number of sulfonamides is 1. The predicted octanol–water partition coefficient (Wildman–Crippen LogP) is 1.30. The minimum absolute atomic E-state index is 0.0895. The molecule has 6 nitrogen and oxygen atoms in total. The van der Waals surface area contributed by atoms with Gasteiger partial charge in [-0.25, -0.2) is 13.2 Å². The molecule has 0 saturated carbocycles. The number of hydrogen-bond donors (Lipinski definition) is 0. The zero-order valence-electron chi connectivity index (χ0n) is 12.6. The van der Waals surface area contributed by atoms with E-state index >= 15 is 0 Å². The Morgan fingerprint density at radius 3 is 2.41 bits per heavy atom. The van der Waals surface area contributed by atoms with Crippen LogP contribution in [0.5, 0.6) is 0 Å². The molecule has 1 rings (SSSR count). The summed E-state index contributed by atoms with van der Waals surface area (Å²) >= 11 is 0. The second-order valence-corrected chi connectivity index (χ2v) is 6.39. The third-order valence-corrected chi connectivity index (χ3v) is 4.63. The van der Waals surface area contributed by atoms with Crippen LogP contribution in [-0.2, 0) is 24.3 Å². The average molecular weight is 325 g/mol. The normalized spacial score (nSPS) is 11.8. The number of nitrogens with zero attached hydrogens (tertiary/aromatic N) is 1. The number of carbonyl (C=O) groups is 2. The highest BCUT2D eigenvalue weighted by Crippen LogP contribution is 2.15. The van der Waals surface area contributed by atoms with Gasteiger partial charge in [0, 0.05) is 12.6 Å². The molecule has 0 aromatic heterocycles. The fourth-order valence-electron chi connectivity index (χ4n) is 1.67. The Bertz CT molecular complexity index is 634. The quantitative estimate of drug-likeness (QED) is 0.409. The van der Waals surface area contributed by atoms with Gasteiger partial charge in [0.15, 0.2) is 0 Å². The number of esters is 1. The summed E-state index contributed by atoms with van der Waals surface area (Å²) in [5.41, 5.74) is 0.933. The van der Waals surface area contributed by atoms with Crippen LogP contribution in [0, 0.1) is 6.92 Å². The van der Waals surface area contributed by atoms with E-state index in [2.05, 4.69) is 0 Å². The van der Waals surface area contributed by atoms with Gasteiger partial charge in [0.2, 0.25) is 10.0 Å². The van der Waals surface area contributed by atoms with E-state index in [9.17, 15) is 18.0 Å². The smallest absolute Gasteiger partial charge is 0.330 e. The second-order valence-electron chi connectivity index (χ2n) is 4.46. The zero-order valence-corrected chi connectivity index (χ0v) is 13.4. The minimum Gasteiger partial charge on any atom is -0.463 e. The Labute approximate surface area is 130 Å². The Balaban J connectivity index is 2.91. The predicted molar refractivity (Wildman–Crippen MR) is 81.8 cm³/mol. The first-order valence-corrected chi connectivity index (χ1v) is 8.19. The Hall–Kier alpha value is -1.99. The van der Waals surface area contributed by atoms with Crippen LogP contribution < -0.4 is 0 Å². The van der Waals surface area contributed by atoms with Crippen molar-refractivity contribution in [2.75, 3.05) is 19.7 Å². The van der Waals surface area contributed by atoms with E-state index in [1.54, 1.807) is 19.1 Å². The van der Waals surface area contributed by atoms with Crippen LogP contribution in [0.1, 0.15) is 12.5 Å². The largest absolute Gasteiger partial charge is 0.463 e. The van der Waals surface area contributed by atoms with Crippen LogP contribution >= 0.6 is 0 Å². The number of carbonyl (C=O) groups excluding carboxylic acids is 2. The summed E-state index contributed by atoms with van der Waals surface area (Å²) in [6.45, 7) is 3.38. The first-order valence-electron chi connectivity index (χ1n) is 6.75. The maximum absolute atomic E-state index is 12.5. The molecule has 0 fully saturated rings. The summed E-state index contributed by atoms with van der Waals surface area (Å²) in [5.74, 6) is -0.554. The van der Waals surface area contributed by atoms with Crippen molar-refractivity contribution in [3.63, 3.8) is 0 Å². The van der Waals surface area contributed by atoms with Crippen LogP contribution in [0.2, 0.25) is 0 Å². The highest BCUT2D eigenvalue weighted by molar-refractivity contribution is 7.89. The lowest BCUT2D eigenvalue weighted by atomic mass is 10.2. The molecule has 0 aliphatic rings. The Kier molecular flexibility index (Phi) is 6.94. The van der Waals surface area contributed by atoms with Gasteiger partial charge in [-0.2, -0.15) is 4.31 Å². The second kappa shape index (κ2) is 8.45. The van der Waals surface area contributed by atoms with Crippen LogP contribution in [-0.4, -0.2) is 44.7 Å². The molecule has 0 N–H and O–H groups in total. The summed E-state index contributed by atoms with van der Waals surface area (Å²) in [6.07, 6.45) is 3.00. The molecule has 0 aliphatic heterocycles. The lowest BCUT2D eigenvalue weighted by Gasteiger charge is -2.18. The van der Waals surface area contributed by atoms with Crippen molar-refractivity contribution < 1.29 is 22.7 Å². The first kappa shape index (κ1) is 18.1. The maximum Gasteiger partial charge on any atom is 0.330 e. The van der Waals surface area contributed by atoms with Crippen molar-refractivity contribution in [3.05, 3.63) is 42.0 Å². The number of hydrogen-bond acceptors (Lipinski definition) is 5. The van der Waals surface area contributed by atoms with Crippen LogP contribution in [0.3, 0.4) is 0 Å². The number of aldehydes is 1. The summed E-state index contributed by atoms with van der Waals surface area (Å²) < 4.78 is 30.6. The van der Waals surface area contributed by atoms with Gasteiger partial charge in [0.1, 0.15) is 6.29 Å². The number of ether oxygens (including phenoxy) is 1. The molecule has 0 heterocycles. The van der Waals surface area contributed by atoms with Gasteiger partial charge in [-0.1, -0.05) is 23.8 Å². The van der Waals surface area contributed by atoms with E-state index in [4.69, 9.17) is 4.74 Å². The molecule has 0 saturated heterocycles. The zero-order chi connectivity index (χ0) is 16.6. The first-order chi connectivity index (χ1) is 10.4. The average Bonchev–Trinajstić information content (AvgIpc) is 2.47.